The van der Waals surface area contributed by atoms with E-state index in [1.54, 1.807) is 23.6 Å². The van der Waals surface area contributed by atoms with Crippen LogP contribution in [-0.2, 0) is 4.79 Å². The number of fused-ring (bicyclic) bond motifs is 1. The van der Waals surface area contributed by atoms with Crippen LogP contribution in [-0.4, -0.2) is 25.9 Å². The van der Waals surface area contributed by atoms with Crippen LogP contribution < -0.4 is 10.9 Å². The largest absolute Gasteiger partial charge is 0.360 e. The second-order valence-electron chi connectivity index (χ2n) is 7.50. The maximum absolute atomic E-state index is 13.5. The summed E-state index contributed by atoms with van der Waals surface area (Å²) in [5.41, 5.74) is 1.47. The molecule has 2 heterocycles. The fourth-order valence-electron chi connectivity index (χ4n) is 3.51. The zero-order chi connectivity index (χ0) is 22.7. The number of hydrogen-bond acceptors (Lipinski definition) is 6. The summed E-state index contributed by atoms with van der Waals surface area (Å²) in [4.78, 5) is 31.2. The van der Waals surface area contributed by atoms with Gasteiger partial charge in [-0.3, -0.25) is 14.2 Å². The maximum atomic E-state index is 13.5. The zero-order valence-electron chi connectivity index (χ0n) is 18.1. The average Bonchev–Trinajstić information content (AvgIpc) is 3.22. The quantitative estimate of drug-likeness (QED) is 0.322. The fourth-order valence-corrected chi connectivity index (χ4v) is 4.61. The van der Waals surface area contributed by atoms with Crippen molar-refractivity contribution in [2.24, 2.45) is 0 Å². The Morgan fingerprint density at radius 2 is 1.88 bits per heavy atom. The van der Waals surface area contributed by atoms with Gasteiger partial charge in [-0.05, 0) is 38.0 Å². The van der Waals surface area contributed by atoms with Crippen LogP contribution in [0.2, 0.25) is 0 Å². The van der Waals surface area contributed by atoms with E-state index < -0.39 is 5.25 Å². The van der Waals surface area contributed by atoms with Crippen LogP contribution in [0, 0.1) is 6.92 Å². The van der Waals surface area contributed by atoms with Crippen molar-refractivity contribution in [2.75, 3.05) is 5.32 Å². The molecule has 4 aromatic rings. The summed E-state index contributed by atoms with van der Waals surface area (Å²) < 4.78 is 6.71. The van der Waals surface area contributed by atoms with Crippen LogP contribution in [0.5, 0.6) is 0 Å². The van der Waals surface area contributed by atoms with Crippen LogP contribution in [0.25, 0.3) is 10.9 Å². The number of hydrogen-bond donors (Lipinski definition) is 1. The van der Waals surface area contributed by atoms with Crippen molar-refractivity contribution in [3.05, 3.63) is 82.3 Å². The molecule has 0 unspecified atom stereocenters. The molecule has 4 rings (SSSR count). The molecule has 0 aliphatic heterocycles. The lowest BCUT2D eigenvalue weighted by Gasteiger charge is -2.22. The Balaban J connectivity index is 1.74. The zero-order valence-corrected chi connectivity index (χ0v) is 18.9. The third-order valence-corrected chi connectivity index (χ3v) is 6.57. The second-order valence-corrected chi connectivity index (χ2v) is 8.67. The van der Waals surface area contributed by atoms with Crippen LogP contribution in [0.1, 0.15) is 37.6 Å². The molecule has 1 amide bonds. The van der Waals surface area contributed by atoms with E-state index in [1.807, 2.05) is 62.4 Å². The summed E-state index contributed by atoms with van der Waals surface area (Å²) in [5, 5.41) is 7.21. The summed E-state index contributed by atoms with van der Waals surface area (Å²) in [6.45, 7) is 5.66. The number of carbonyl (C=O) groups is 1. The Morgan fingerprint density at radius 1 is 1.16 bits per heavy atom. The van der Waals surface area contributed by atoms with E-state index in [0.29, 0.717) is 34.1 Å². The minimum absolute atomic E-state index is 0.128. The number of benzene rings is 2. The molecule has 164 valence electrons. The highest BCUT2D eigenvalue weighted by atomic mass is 32.2. The highest BCUT2D eigenvalue weighted by Crippen LogP contribution is 2.29. The van der Waals surface area contributed by atoms with Gasteiger partial charge in [-0.15, -0.1) is 0 Å². The molecular formula is C24H24N4O3S. The first-order valence-corrected chi connectivity index (χ1v) is 11.3. The lowest BCUT2D eigenvalue weighted by Crippen LogP contribution is -2.30. The molecule has 2 aromatic carbocycles. The Kier molecular flexibility index (Phi) is 6.41. The normalized spacial score (nSPS) is 13.1. The number of amides is 1. The molecule has 32 heavy (non-hydrogen) atoms. The van der Waals surface area contributed by atoms with Gasteiger partial charge in [0.15, 0.2) is 11.0 Å². The van der Waals surface area contributed by atoms with Gasteiger partial charge in [0.05, 0.1) is 22.2 Å². The molecular weight excluding hydrogens is 424 g/mol. The first kappa shape index (κ1) is 21.8. The summed E-state index contributed by atoms with van der Waals surface area (Å²) in [7, 11) is 0. The van der Waals surface area contributed by atoms with Crippen molar-refractivity contribution in [1.29, 1.82) is 0 Å². The van der Waals surface area contributed by atoms with Gasteiger partial charge in [0.25, 0.3) is 5.56 Å². The summed E-state index contributed by atoms with van der Waals surface area (Å²) >= 11 is 1.28. The molecule has 0 aliphatic carbocycles. The minimum atomic E-state index is -0.464. The van der Waals surface area contributed by atoms with E-state index in [0.717, 1.165) is 5.56 Å². The highest BCUT2D eigenvalue weighted by molar-refractivity contribution is 8.00. The molecule has 0 aliphatic rings. The Labute approximate surface area is 189 Å². The fraction of sp³-hybridized carbons (Fsp3) is 0.250. The molecule has 1 N–H and O–H groups in total. The standard InChI is InChI=1S/C24H24N4O3S/c1-4-20(22(29)26-21-14-15(2)31-27-21)32-24-25-19-13-9-8-12-18(19)23(30)28(24)16(3)17-10-6-5-7-11-17/h5-14,16,20H,4H2,1-3H3,(H,26,27,29)/t16-,20-/m0/s1. The van der Waals surface area contributed by atoms with Gasteiger partial charge in [-0.25, -0.2) is 4.98 Å². The van der Waals surface area contributed by atoms with E-state index in [1.165, 1.54) is 11.8 Å². The Bertz CT molecular complexity index is 1300. The molecule has 2 aromatic heterocycles. The molecule has 2 atom stereocenters. The van der Waals surface area contributed by atoms with Gasteiger partial charge in [0.2, 0.25) is 5.91 Å². The van der Waals surface area contributed by atoms with Crippen molar-refractivity contribution < 1.29 is 9.32 Å². The summed E-state index contributed by atoms with van der Waals surface area (Å²) in [5.74, 6) is 0.767. The second kappa shape index (κ2) is 9.40. The number of aryl methyl sites for hydroxylation is 1. The lowest BCUT2D eigenvalue weighted by molar-refractivity contribution is -0.115. The summed E-state index contributed by atoms with van der Waals surface area (Å²) in [6.07, 6.45) is 0.551. The van der Waals surface area contributed by atoms with Gasteiger partial charge < -0.3 is 9.84 Å². The lowest BCUT2D eigenvalue weighted by atomic mass is 10.1. The van der Waals surface area contributed by atoms with Crippen LogP contribution in [0.4, 0.5) is 5.82 Å². The number of carbonyl (C=O) groups excluding carboxylic acids is 1. The number of aromatic nitrogens is 3. The smallest absolute Gasteiger partial charge is 0.262 e. The van der Waals surface area contributed by atoms with Crippen LogP contribution >= 0.6 is 11.8 Å². The predicted octanol–water partition coefficient (Wildman–Crippen LogP) is 4.81. The van der Waals surface area contributed by atoms with Crippen molar-refractivity contribution >= 4 is 34.4 Å². The maximum Gasteiger partial charge on any atom is 0.262 e. The first-order valence-electron chi connectivity index (χ1n) is 10.4. The van der Waals surface area contributed by atoms with E-state index in [2.05, 4.69) is 10.5 Å². The molecule has 8 heteroatoms. The number of para-hydroxylation sites is 1. The average molecular weight is 449 g/mol. The van der Waals surface area contributed by atoms with Crippen molar-refractivity contribution in [3.63, 3.8) is 0 Å². The molecule has 0 fully saturated rings. The molecule has 7 nitrogen and oxygen atoms in total. The van der Waals surface area contributed by atoms with Crippen molar-refractivity contribution in [3.8, 4) is 0 Å². The third-order valence-electron chi connectivity index (χ3n) is 5.23. The first-order chi connectivity index (χ1) is 15.5. The number of nitrogens with zero attached hydrogens (tertiary/aromatic N) is 3. The molecule has 0 saturated carbocycles. The monoisotopic (exact) mass is 448 g/mol. The van der Waals surface area contributed by atoms with Gasteiger partial charge in [-0.1, -0.05) is 66.3 Å². The molecule has 0 saturated heterocycles. The van der Waals surface area contributed by atoms with E-state index >= 15 is 0 Å². The van der Waals surface area contributed by atoms with Gasteiger partial charge in [0, 0.05) is 6.07 Å². The molecule has 0 bridgehead atoms. The van der Waals surface area contributed by atoms with Crippen LogP contribution in [0.15, 0.2) is 75.1 Å². The van der Waals surface area contributed by atoms with E-state index in [4.69, 9.17) is 9.51 Å². The van der Waals surface area contributed by atoms with Gasteiger partial charge >= 0.3 is 0 Å². The van der Waals surface area contributed by atoms with E-state index in [-0.39, 0.29) is 17.5 Å². The highest BCUT2D eigenvalue weighted by Gasteiger charge is 2.25. The molecule has 0 radical (unpaired) electrons. The SMILES string of the molecule is CC[C@H](Sc1nc2ccccc2c(=O)n1[C@@H](C)c1ccccc1)C(=O)Nc1cc(C)on1. The number of anilines is 1. The van der Waals surface area contributed by atoms with Crippen molar-refractivity contribution in [2.45, 2.75) is 43.6 Å². The number of rotatable bonds is 7. The predicted molar refractivity (Wildman–Crippen MR) is 126 cm³/mol. The van der Waals surface area contributed by atoms with Crippen molar-refractivity contribution in [1.82, 2.24) is 14.7 Å². The third kappa shape index (κ3) is 4.45. The minimum Gasteiger partial charge on any atom is -0.360 e. The summed E-state index contributed by atoms with van der Waals surface area (Å²) in [6, 6.07) is 18.5. The number of nitrogens with one attached hydrogen (secondary N) is 1. The van der Waals surface area contributed by atoms with Gasteiger partial charge in [0.1, 0.15) is 5.76 Å². The van der Waals surface area contributed by atoms with Gasteiger partial charge in [-0.2, -0.15) is 0 Å². The molecule has 0 spiro atoms. The Hall–Kier alpha value is -3.39. The Morgan fingerprint density at radius 3 is 2.56 bits per heavy atom. The van der Waals surface area contributed by atoms with E-state index in [9.17, 15) is 9.59 Å². The topological polar surface area (TPSA) is 90.0 Å². The van der Waals surface area contributed by atoms with Crippen LogP contribution in [0.3, 0.4) is 0 Å². The number of thioether (sulfide) groups is 1.